The van der Waals surface area contributed by atoms with E-state index in [9.17, 15) is 18.8 Å². The molecule has 0 fully saturated rings. The topological polar surface area (TPSA) is 82.1 Å². The standard InChI is InChI=1S/C27H24FNO6S3/c1-6-35-16-9-7-8-14(12-16)23(30)29-18-11-10-15(28)13-17(18)19(22(36)27(29,2)3)26-37-20(24(31)33-4)21(38-26)25(32)34-5/h7-13H,6H2,1-5H3. The van der Waals surface area contributed by atoms with Crippen LogP contribution in [0, 0.1) is 5.82 Å². The van der Waals surface area contributed by atoms with E-state index in [2.05, 4.69) is 0 Å². The molecule has 1 amide bonds. The molecule has 0 aliphatic carbocycles. The summed E-state index contributed by atoms with van der Waals surface area (Å²) in [5, 5.41) is 0. The fourth-order valence-corrected chi connectivity index (χ4v) is 7.20. The minimum Gasteiger partial charge on any atom is -0.494 e. The number of esters is 2. The van der Waals surface area contributed by atoms with Gasteiger partial charge in [-0.05, 0) is 57.2 Å². The highest BCUT2D eigenvalue weighted by Crippen LogP contribution is 2.56. The molecule has 2 heterocycles. The van der Waals surface area contributed by atoms with E-state index in [1.807, 2.05) is 6.92 Å². The van der Waals surface area contributed by atoms with Crippen molar-refractivity contribution in [1.29, 1.82) is 0 Å². The maximum atomic E-state index is 14.6. The highest BCUT2D eigenvalue weighted by atomic mass is 32.2. The number of halogens is 1. The maximum Gasteiger partial charge on any atom is 0.346 e. The van der Waals surface area contributed by atoms with Gasteiger partial charge in [0, 0.05) is 16.7 Å². The Hall–Kier alpha value is -3.15. The van der Waals surface area contributed by atoms with E-state index >= 15 is 0 Å². The second kappa shape index (κ2) is 10.9. The fourth-order valence-electron chi connectivity index (χ4n) is 4.17. The van der Waals surface area contributed by atoms with E-state index in [0.29, 0.717) is 43.8 Å². The number of ether oxygens (including phenoxy) is 3. The van der Waals surface area contributed by atoms with Crippen LogP contribution in [-0.2, 0) is 19.1 Å². The quantitative estimate of drug-likeness (QED) is 0.253. The van der Waals surface area contributed by atoms with Gasteiger partial charge in [-0.3, -0.25) is 9.69 Å². The Morgan fingerprint density at radius 1 is 1.00 bits per heavy atom. The van der Waals surface area contributed by atoms with Gasteiger partial charge in [-0.2, -0.15) is 0 Å². The monoisotopic (exact) mass is 573 g/mol. The Labute approximate surface area is 233 Å². The van der Waals surface area contributed by atoms with E-state index in [1.54, 1.807) is 43.0 Å². The van der Waals surface area contributed by atoms with Crippen LogP contribution in [-0.4, -0.2) is 49.1 Å². The lowest BCUT2D eigenvalue weighted by Gasteiger charge is -2.45. The van der Waals surface area contributed by atoms with Gasteiger partial charge >= 0.3 is 11.9 Å². The van der Waals surface area contributed by atoms with E-state index in [-0.39, 0.29) is 15.7 Å². The van der Waals surface area contributed by atoms with Crippen molar-refractivity contribution in [2.45, 2.75) is 26.3 Å². The van der Waals surface area contributed by atoms with Crippen LogP contribution in [0.25, 0.3) is 5.57 Å². The average Bonchev–Trinajstić information content (AvgIpc) is 3.34. The third-order valence-electron chi connectivity index (χ3n) is 5.95. The summed E-state index contributed by atoms with van der Waals surface area (Å²) in [6.07, 6.45) is 0. The van der Waals surface area contributed by atoms with Crippen molar-refractivity contribution < 1.29 is 33.0 Å². The molecule has 0 spiro atoms. The van der Waals surface area contributed by atoms with Gasteiger partial charge in [0.15, 0.2) is 0 Å². The summed E-state index contributed by atoms with van der Waals surface area (Å²) in [5.74, 6) is -1.73. The molecule has 38 heavy (non-hydrogen) atoms. The molecule has 7 nitrogen and oxygen atoms in total. The maximum absolute atomic E-state index is 14.6. The molecule has 2 aliphatic heterocycles. The summed E-state index contributed by atoms with van der Waals surface area (Å²) in [4.78, 5) is 40.8. The Balaban J connectivity index is 1.89. The first-order chi connectivity index (χ1) is 18.0. The minimum atomic E-state index is -1.04. The lowest BCUT2D eigenvalue weighted by Crippen LogP contribution is -2.56. The van der Waals surface area contributed by atoms with Gasteiger partial charge in [0.1, 0.15) is 21.4 Å². The Morgan fingerprint density at radius 2 is 1.63 bits per heavy atom. The van der Waals surface area contributed by atoms with Crippen molar-refractivity contribution in [1.82, 2.24) is 0 Å². The molecule has 2 aliphatic rings. The molecular weight excluding hydrogens is 549 g/mol. The summed E-state index contributed by atoms with van der Waals surface area (Å²) >= 11 is 7.93. The molecule has 4 rings (SSSR count). The van der Waals surface area contributed by atoms with Gasteiger partial charge < -0.3 is 14.2 Å². The lowest BCUT2D eigenvalue weighted by molar-refractivity contribution is -0.138. The number of methoxy groups -OCH3 is 2. The number of fused-ring (bicyclic) bond motifs is 1. The smallest absolute Gasteiger partial charge is 0.346 e. The van der Waals surface area contributed by atoms with Crippen molar-refractivity contribution in [3.63, 3.8) is 0 Å². The SMILES string of the molecule is CCOc1cccc(C(=O)N2c3ccc(F)cc3C(=C3SC(C(=O)OC)=C(C(=O)OC)S3)C(=S)C2(C)C)c1. The van der Waals surface area contributed by atoms with Crippen molar-refractivity contribution in [2.24, 2.45) is 0 Å². The Bertz CT molecular complexity index is 1400. The number of nitrogens with zero attached hydrogens (tertiary/aromatic N) is 1. The van der Waals surface area contributed by atoms with Crippen molar-refractivity contribution in [3.8, 4) is 5.75 Å². The first-order valence-electron chi connectivity index (χ1n) is 11.5. The summed E-state index contributed by atoms with van der Waals surface area (Å²) in [6.45, 7) is 5.89. The zero-order valence-corrected chi connectivity index (χ0v) is 23.7. The predicted octanol–water partition coefficient (Wildman–Crippen LogP) is 5.74. The average molecular weight is 574 g/mol. The minimum absolute atomic E-state index is 0.0525. The van der Waals surface area contributed by atoms with Crippen LogP contribution in [0.15, 0.2) is 56.5 Å². The number of rotatable bonds is 5. The third kappa shape index (κ3) is 4.85. The van der Waals surface area contributed by atoms with E-state index in [1.165, 1.54) is 32.4 Å². The van der Waals surface area contributed by atoms with Gasteiger partial charge in [-0.15, -0.1) is 0 Å². The molecule has 0 saturated carbocycles. The van der Waals surface area contributed by atoms with E-state index < -0.39 is 23.3 Å². The molecule has 0 radical (unpaired) electrons. The number of hydrogen-bond donors (Lipinski definition) is 0. The van der Waals surface area contributed by atoms with Crippen molar-refractivity contribution in [2.75, 3.05) is 25.7 Å². The molecule has 0 unspecified atom stereocenters. The van der Waals surface area contributed by atoms with Crippen LogP contribution in [0.4, 0.5) is 10.1 Å². The van der Waals surface area contributed by atoms with Crippen LogP contribution in [0.2, 0.25) is 0 Å². The van der Waals surface area contributed by atoms with Gasteiger partial charge in [-0.25, -0.2) is 14.0 Å². The highest BCUT2D eigenvalue weighted by molar-refractivity contribution is 8.29. The molecule has 0 saturated heterocycles. The van der Waals surface area contributed by atoms with Crippen LogP contribution < -0.4 is 9.64 Å². The zero-order chi connectivity index (χ0) is 27.8. The van der Waals surface area contributed by atoms with E-state index in [0.717, 1.165) is 23.5 Å². The second-order valence-electron chi connectivity index (χ2n) is 8.66. The molecule has 11 heteroatoms. The first kappa shape index (κ1) is 27.9. The largest absolute Gasteiger partial charge is 0.494 e. The van der Waals surface area contributed by atoms with Crippen LogP contribution >= 0.6 is 35.7 Å². The number of carbonyl (C=O) groups excluding carboxylic acids is 3. The third-order valence-corrected chi connectivity index (χ3v) is 9.21. The molecule has 0 atom stereocenters. The van der Waals surface area contributed by atoms with Crippen LogP contribution in [0.3, 0.4) is 0 Å². The van der Waals surface area contributed by atoms with Crippen LogP contribution in [0.1, 0.15) is 36.7 Å². The first-order valence-corrected chi connectivity index (χ1v) is 13.5. The number of benzene rings is 2. The molecular formula is C27H24FNO6S3. The predicted molar refractivity (Wildman–Crippen MR) is 151 cm³/mol. The lowest BCUT2D eigenvalue weighted by atomic mass is 9.83. The Kier molecular flexibility index (Phi) is 8.01. The molecule has 2 aromatic carbocycles. The number of amides is 1. The van der Waals surface area contributed by atoms with Gasteiger partial charge in [0.25, 0.3) is 5.91 Å². The molecule has 0 bridgehead atoms. The van der Waals surface area contributed by atoms with Crippen molar-refractivity contribution in [3.05, 3.63) is 73.5 Å². The second-order valence-corrected chi connectivity index (χ2v) is 11.4. The molecule has 198 valence electrons. The molecule has 0 N–H and O–H groups in total. The summed E-state index contributed by atoms with van der Waals surface area (Å²) in [7, 11) is 2.42. The van der Waals surface area contributed by atoms with Crippen molar-refractivity contribution >= 4 is 69.7 Å². The number of anilines is 1. The number of carbonyl (C=O) groups is 3. The van der Waals surface area contributed by atoms with Gasteiger partial charge in [0.2, 0.25) is 0 Å². The van der Waals surface area contributed by atoms with E-state index in [4.69, 9.17) is 26.4 Å². The van der Waals surface area contributed by atoms with Gasteiger partial charge in [-0.1, -0.05) is 41.8 Å². The normalized spacial score (nSPS) is 16.4. The summed E-state index contributed by atoms with van der Waals surface area (Å²) in [6, 6.07) is 10.9. The number of thiocarbonyl (C=S) groups is 1. The van der Waals surface area contributed by atoms with Gasteiger partial charge in [0.05, 0.1) is 41.2 Å². The summed E-state index contributed by atoms with van der Waals surface area (Å²) < 4.78 is 30.4. The highest BCUT2D eigenvalue weighted by Gasteiger charge is 2.46. The molecule has 2 aromatic rings. The number of hydrogen-bond acceptors (Lipinski definition) is 9. The molecule has 0 aromatic heterocycles. The zero-order valence-electron chi connectivity index (χ0n) is 21.2. The number of thioether (sulfide) groups is 2. The summed E-state index contributed by atoms with van der Waals surface area (Å²) in [5.41, 5.74) is 0.606. The fraction of sp³-hybridized carbons (Fsp3) is 0.259. The van der Waals surface area contributed by atoms with Crippen LogP contribution in [0.5, 0.6) is 5.75 Å². The Morgan fingerprint density at radius 3 is 2.21 bits per heavy atom.